The summed E-state index contributed by atoms with van der Waals surface area (Å²) in [4.78, 5) is 14.4. The molecule has 1 atom stereocenters. The fourth-order valence-electron chi connectivity index (χ4n) is 2.53. The molecule has 1 aromatic carbocycles. The van der Waals surface area contributed by atoms with E-state index in [1.807, 2.05) is 4.90 Å². The molecule has 1 heterocycles. The predicted octanol–water partition coefficient (Wildman–Crippen LogP) is 2.79. The van der Waals surface area contributed by atoms with Crippen LogP contribution < -0.4 is 9.47 Å². The number of carbonyl (C=O) groups is 1. The van der Waals surface area contributed by atoms with E-state index in [0.29, 0.717) is 28.9 Å². The highest BCUT2D eigenvalue weighted by Gasteiger charge is 2.24. The summed E-state index contributed by atoms with van der Waals surface area (Å²) in [6, 6.07) is 5.26. The molecule has 0 saturated carbocycles. The van der Waals surface area contributed by atoms with E-state index in [9.17, 15) is 4.79 Å². The van der Waals surface area contributed by atoms with Gasteiger partial charge in [-0.15, -0.1) is 11.6 Å². The van der Waals surface area contributed by atoms with E-state index in [-0.39, 0.29) is 5.91 Å². The Morgan fingerprint density at radius 1 is 1.35 bits per heavy atom. The average Bonchev–Trinajstić information content (AvgIpc) is 2.53. The first kappa shape index (κ1) is 15.0. The van der Waals surface area contributed by atoms with Crippen molar-refractivity contribution in [1.82, 2.24) is 4.90 Å². The Kier molecular flexibility index (Phi) is 5.12. The van der Waals surface area contributed by atoms with Crippen LogP contribution in [-0.4, -0.2) is 44.0 Å². The molecule has 0 spiro atoms. The largest absolute Gasteiger partial charge is 0.493 e. The number of carbonyl (C=O) groups excluding carboxylic acids is 1. The molecule has 2 rings (SSSR count). The first-order valence-electron chi connectivity index (χ1n) is 6.76. The van der Waals surface area contributed by atoms with Gasteiger partial charge in [0, 0.05) is 24.5 Å². The van der Waals surface area contributed by atoms with Gasteiger partial charge >= 0.3 is 0 Å². The Morgan fingerprint density at radius 3 is 2.75 bits per heavy atom. The van der Waals surface area contributed by atoms with Crippen LogP contribution in [0.1, 0.15) is 23.2 Å². The molecule has 0 radical (unpaired) electrons. The number of hydrogen-bond acceptors (Lipinski definition) is 3. The fraction of sp³-hybridized carbons (Fsp3) is 0.533. The normalized spacial score (nSPS) is 18.8. The van der Waals surface area contributed by atoms with Crippen molar-refractivity contribution in [1.29, 1.82) is 0 Å². The minimum Gasteiger partial charge on any atom is -0.493 e. The van der Waals surface area contributed by atoms with Crippen LogP contribution >= 0.6 is 11.6 Å². The maximum absolute atomic E-state index is 12.5. The number of piperidine rings is 1. The molecule has 0 bridgehead atoms. The van der Waals surface area contributed by atoms with Gasteiger partial charge < -0.3 is 14.4 Å². The first-order valence-corrected chi connectivity index (χ1v) is 7.30. The number of benzene rings is 1. The number of likely N-dealkylation sites (tertiary alicyclic amines) is 1. The van der Waals surface area contributed by atoms with E-state index in [1.54, 1.807) is 32.4 Å². The van der Waals surface area contributed by atoms with Crippen LogP contribution in [0.2, 0.25) is 0 Å². The van der Waals surface area contributed by atoms with E-state index in [2.05, 4.69) is 0 Å². The third kappa shape index (κ3) is 3.18. The van der Waals surface area contributed by atoms with Gasteiger partial charge in [0.15, 0.2) is 11.5 Å². The van der Waals surface area contributed by atoms with Crippen LogP contribution in [0, 0.1) is 5.92 Å². The smallest absolute Gasteiger partial charge is 0.254 e. The molecule has 1 unspecified atom stereocenters. The number of rotatable bonds is 4. The van der Waals surface area contributed by atoms with E-state index >= 15 is 0 Å². The quantitative estimate of drug-likeness (QED) is 0.802. The maximum Gasteiger partial charge on any atom is 0.254 e. The van der Waals surface area contributed by atoms with Crippen molar-refractivity contribution in [3.63, 3.8) is 0 Å². The molecule has 1 aliphatic rings. The van der Waals surface area contributed by atoms with Crippen LogP contribution in [0.15, 0.2) is 18.2 Å². The highest BCUT2D eigenvalue weighted by atomic mass is 35.5. The van der Waals surface area contributed by atoms with Crippen LogP contribution in [0.3, 0.4) is 0 Å². The van der Waals surface area contributed by atoms with Gasteiger partial charge in [0.25, 0.3) is 5.91 Å². The molecule has 5 heteroatoms. The van der Waals surface area contributed by atoms with Gasteiger partial charge in [0.1, 0.15) is 0 Å². The Bertz CT molecular complexity index is 478. The Hall–Kier alpha value is -1.42. The van der Waals surface area contributed by atoms with Gasteiger partial charge in [-0.05, 0) is 37.0 Å². The number of alkyl halides is 1. The summed E-state index contributed by atoms with van der Waals surface area (Å²) in [6.45, 7) is 1.53. The van der Waals surface area contributed by atoms with Crippen molar-refractivity contribution in [3.05, 3.63) is 23.8 Å². The summed E-state index contributed by atoms with van der Waals surface area (Å²) in [5, 5.41) is 0. The number of hydrogen-bond donors (Lipinski definition) is 0. The van der Waals surface area contributed by atoms with Crippen LogP contribution in [0.4, 0.5) is 0 Å². The summed E-state index contributed by atoms with van der Waals surface area (Å²) >= 11 is 5.91. The monoisotopic (exact) mass is 297 g/mol. The zero-order chi connectivity index (χ0) is 14.5. The molecule has 0 aliphatic carbocycles. The Morgan fingerprint density at radius 2 is 2.10 bits per heavy atom. The van der Waals surface area contributed by atoms with Gasteiger partial charge in [0.2, 0.25) is 0 Å². The number of amides is 1. The van der Waals surface area contributed by atoms with E-state index in [0.717, 1.165) is 25.9 Å². The van der Waals surface area contributed by atoms with Gasteiger partial charge in [0.05, 0.1) is 14.2 Å². The fourth-order valence-corrected chi connectivity index (χ4v) is 2.78. The molecule has 1 amide bonds. The van der Waals surface area contributed by atoms with Crippen molar-refractivity contribution in [2.45, 2.75) is 12.8 Å². The zero-order valence-corrected chi connectivity index (χ0v) is 12.7. The standard InChI is InChI=1S/C15H20ClNO3/c1-19-13-6-5-12(8-14(13)20-2)15(18)17-7-3-4-11(9-16)10-17/h5-6,8,11H,3-4,7,9-10H2,1-2H3. The van der Waals surface area contributed by atoms with Crippen molar-refractivity contribution in [2.75, 3.05) is 33.2 Å². The molecule has 0 aromatic heterocycles. The van der Waals surface area contributed by atoms with Crippen molar-refractivity contribution < 1.29 is 14.3 Å². The lowest BCUT2D eigenvalue weighted by molar-refractivity contribution is 0.0684. The summed E-state index contributed by atoms with van der Waals surface area (Å²) < 4.78 is 10.4. The second kappa shape index (κ2) is 6.84. The number of halogens is 1. The van der Waals surface area contributed by atoms with Crippen LogP contribution in [0.25, 0.3) is 0 Å². The minimum atomic E-state index is 0.0285. The lowest BCUT2D eigenvalue weighted by atomic mass is 9.99. The summed E-state index contributed by atoms with van der Waals surface area (Å²) in [5.41, 5.74) is 0.623. The summed E-state index contributed by atoms with van der Waals surface area (Å²) in [5.74, 6) is 2.23. The SMILES string of the molecule is COc1ccc(C(=O)N2CCCC(CCl)C2)cc1OC. The van der Waals surface area contributed by atoms with E-state index in [1.165, 1.54) is 0 Å². The van der Waals surface area contributed by atoms with Crippen molar-refractivity contribution in [2.24, 2.45) is 5.92 Å². The lowest BCUT2D eigenvalue weighted by Crippen LogP contribution is -2.40. The molecule has 1 aliphatic heterocycles. The molecule has 1 aromatic rings. The molecule has 1 fully saturated rings. The minimum absolute atomic E-state index is 0.0285. The van der Waals surface area contributed by atoms with Gasteiger partial charge in [-0.2, -0.15) is 0 Å². The highest BCUT2D eigenvalue weighted by Crippen LogP contribution is 2.28. The second-order valence-corrected chi connectivity index (χ2v) is 5.29. The van der Waals surface area contributed by atoms with Crippen LogP contribution in [0.5, 0.6) is 11.5 Å². The Balaban J connectivity index is 2.16. The molecule has 20 heavy (non-hydrogen) atoms. The van der Waals surface area contributed by atoms with Gasteiger partial charge in [-0.3, -0.25) is 4.79 Å². The van der Waals surface area contributed by atoms with E-state index < -0.39 is 0 Å². The zero-order valence-electron chi connectivity index (χ0n) is 11.9. The lowest BCUT2D eigenvalue weighted by Gasteiger charge is -2.32. The van der Waals surface area contributed by atoms with Gasteiger partial charge in [-0.25, -0.2) is 0 Å². The van der Waals surface area contributed by atoms with Crippen molar-refractivity contribution in [3.8, 4) is 11.5 Å². The number of methoxy groups -OCH3 is 2. The number of ether oxygens (including phenoxy) is 2. The third-order valence-electron chi connectivity index (χ3n) is 3.65. The van der Waals surface area contributed by atoms with Crippen LogP contribution in [-0.2, 0) is 0 Å². The maximum atomic E-state index is 12.5. The highest BCUT2D eigenvalue weighted by molar-refractivity contribution is 6.18. The molecule has 4 nitrogen and oxygen atoms in total. The molecular formula is C15H20ClNO3. The summed E-state index contributed by atoms with van der Waals surface area (Å²) in [7, 11) is 3.14. The molecular weight excluding hydrogens is 278 g/mol. The topological polar surface area (TPSA) is 38.8 Å². The van der Waals surface area contributed by atoms with Gasteiger partial charge in [-0.1, -0.05) is 0 Å². The van der Waals surface area contributed by atoms with Crippen molar-refractivity contribution >= 4 is 17.5 Å². The number of nitrogens with zero attached hydrogens (tertiary/aromatic N) is 1. The second-order valence-electron chi connectivity index (χ2n) is 4.98. The first-order chi connectivity index (χ1) is 9.69. The molecule has 0 N–H and O–H groups in total. The predicted molar refractivity (Wildman–Crippen MR) is 78.9 cm³/mol. The average molecular weight is 298 g/mol. The molecule has 110 valence electrons. The summed E-state index contributed by atoms with van der Waals surface area (Å²) in [6.07, 6.45) is 2.11. The molecule has 1 saturated heterocycles. The Labute approximate surface area is 124 Å². The van der Waals surface area contributed by atoms with E-state index in [4.69, 9.17) is 21.1 Å². The third-order valence-corrected chi connectivity index (χ3v) is 4.09.